The molecule has 1 aliphatic rings. The first kappa shape index (κ1) is 20.9. The molecule has 138 valence electrons. The van der Waals surface area contributed by atoms with Crippen LogP contribution in [0.15, 0.2) is 24.3 Å². The number of nitro benzene ring substituents is 1. The highest BCUT2D eigenvalue weighted by atomic mass is 35.5. The van der Waals surface area contributed by atoms with Gasteiger partial charge in [-0.2, -0.15) is 0 Å². The van der Waals surface area contributed by atoms with Crippen LogP contribution in [0.4, 0.5) is 5.69 Å². The average Bonchev–Trinajstić information content (AvgIpc) is 2.95. The van der Waals surface area contributed by atoms with Gasteiger partial charge in [-0.05, 0) is 37.9 Å². The van der Waals surface area contributed by atoms with Crippen molar-refractivity contribution in [3.05, 3.63) is 39.9 Å². The molecule has 1 heterocycles. The molecule has 1 aromatic carbocycles. The molecule has 8 nitrogen and oxygen atoms in total. The minimum Gasteiger partial charge on any atom is -0.352 e. The first-order valence-corrected chi connectivity index (χ1v) is 7.94. The number of rotatable bonds is 6. The van der Waals surface area contributed by atoms with Crippen LogP contribution in [0, 0.1) is 16.0 Å². The predicted molar refractivity (Wildman–Crippen MR) is 95.6 cm³/mol. The normalized spacial score (nSPS) is 19.2. The lowest BCUT2D eigenvalue weighted by atomic mass is 10.1. The number of carbonyl (C=O) groups is 2. The number of hydrogen-bond acceptors (Lipinski definition) is 5. The summed E-state index contributed by atoms with van der Waals surface area (Å²) >= 11 is 0. The Labute approximate surface area is 152 Å². The van der Waals surface area contributed by atoms with Crippen molar-refractivity contribution in [1.82, 2.24) is 10.2 Å². The van der Waals surface area contributed by atoms with Gasteiger partial charge in [0.2, 0.25) is 5.91 Å². The van der Waals surface area contributed by atoms with E-state index in [0.717, 1.165) is 6.42 Å². The van der Waals surface area contributed by atoms with E-state index in [1.54, 1.807) is 0 Å². The largest absolute Gasteiger partial charge is 0.352 e. The molecular formula is C16H23ClN4O4. The molecular weight excluding hydrogens is 348 g/mol. The van der Waals surface area contributed by atoms with Crippen LogP contribution in [0.2, 0.25) is 0 Å². The number of benzene rings is 1. The minimum absolute atomic E-state index is 0. The van der Waals surface area contributed by atoms with E-state index in [2.05, 4.69) is 5.32 Å². The van der Waals surface area contributed by atoms with E-state index >= 15 is 0 Å². The van der Waals surface area contributed by atoms with Crippen LogP contribution in [0.5, 0.6) is 0 Å². The Bertz CT molecular complexity index is 623. The van der Waals surface area contributed by atoms with Gasteiger partial charge < -0.3 is 16.0 Å². The summed E-state index contributed by atoms with van der Waals surface area (Å²) in [6.07, 6.45) is 1.14. The Kier molecular flexibility index (Phi) is 7.79. The van der Waals surface area contributed by atoms with E-state index in [-0.39, 0.29) is 48.9 Å². The highest BCUT2D eigenvalue weighted by molar-refractivity contribution is 5.94. The molecule has 0 aliphatic carbocycles. The molecule has 0 spiro atoms. The monoisotopic (exact) mass is 370 g/mol. The highest BCUT2D eigenvalue weighted by Crippen LogP contribution is 2.22. The van der Waals surface area contributed by atoms with Crippen LogP contribution in [0.25, 0.3) is 0 Å². The van der Waals surface area contributed by atoms with Gasteiger partial charge >= 0.3 is 0 Å². The standard InChI is InChI=1S/C16H22N4O4.ClH/c1-11-8-12(9-17)10-19(11)15(21)6-7-18-16(22)13-2-4-14(5-3-13)20(23)24;/h2-5,11-12H,6-10,17H2,1H3,(H,18,22);1H. The summed E-state index contributed by atoms with van der Waals surface area (Å²) in [5.41, 5.74) is 5.91. The Balaban J connectivity index is 0.00000312. The fraction of sp³-hybridized carbons (Fsp3) is 0.500. The highest BCUT2D eigenvalue weighted by Gasteiger charge is 2.31. The molecule has 1 fully saturated rings. The number of halogens is 1. The average molecular weight is 371 g/mol. The summed E-state index contributed by atoms with van der Waals surface area (Å²) in [5.74, 6) is -0.00639. The van der Waals surface area contributed by atoms with Gasteiger partial charge in [-0.1, -0.05) is 0 Å². The Morgan fingerprint density at radius 3 is 2.52 bits per heavy atom. The number of nitrogens with two attached hydrogens (primary N) is 1. The molecule has 0 saturated carbocycles. The number of hydrogen-bond donors (Lipinski definition) is 2. The summed E-state index contributed by atoms with van der Waals surface area (Å²) in [6, 6.07) is 5.52. The molecule has 2 unspecified atom stereocenters. The van der Waals surface area contributed by atoms with Gasteiger partial charge in [0.05, 0.1) is 4.92 Å². The van der Waals surface area contributed by atoms with E-state index in [9.17, 15) is 19.7 Å². The van der Waals surface area contributed by atoms with Gasteiger partial charge in [0.15, 0.2) is 0 Å². The maximum Gasteiger partial charge on any atom is 0.269 e. The third-order valence-electron chi connectivity index (χ3n) is 4.28. The van der Waals surface area contributed by atoms with Crippen molar-refractivity contribution >= 4 is 29.9 Å². The van der Waals surface area contributed by atoms with Crippen molar-refractivity contribution in [2.45, 2.75) is 25.8 Å². The maximum atomic E-state index is 12.2. The van der Waals surface area contributed by atoms with Crippen molar-refractivity contribution in [2.24, 2.45) is 11.7 Å². The minimum atomic E-state index is -0.522. The Morgan fingerprint density at radius 1 is 1.36 bits per heavy atom. The summed E-state index contributed by atoms with van der Waals surface area (Å²) in [6.45, 7) is 3.48. The van der Waals surface area contributed by atoms with Crippen LogP contribution >= 0.6 is 12.4 Å². The zero-order chi connectivity index (χ0) is 17.7. The fourth-order valence-electron chi connectivity index (χ4n) is 2.92. The van der Waals surface area contributed by atoms with Gasteiger partial charge in [-0.25, -0.2) is 0 Å². The van der Waals surface area contributed by atoms with Gasteiger partial charge in [-0.15, -0.1) is 12.4 Å². The SMILES string of the molecule is CC1CC(CN)CN1C(=O)CCNC(=O)c1ccc([N+](=O)[O-])cc1.Cl. The molecule has 1 saturated heterocycles. The summed E-state index contributed by atoms with van der Waals surface area (Å²) in [4.78, 5) is 36.1. The first-order chi connectivity index (χ1) is 11.4. The van der Waals surface area contributed by atoms with E-state index in [4.69, 9.17) is 5.73 Å². The predicted octanol–water partition coefficient (Wildman–Crippen LogP) is 1.33. The number of nitrogens with zero attached hydrogens (tertiary/aromatic N) is 2. The number of amides is 2. The lowest BCUT2D eigenvalue weighted by Crippen LogP contribution is -2.37. The Morgan fingerprint density at radius 2 is 2.00 bits per heavy atom. The molecule has 1 aromatic rings. The van der Waals surface area contributed by atoms with Crippen molar-refractivity contribution in [3.63, 3.8) is 0 Å². The van der Waals surface area contributed by atoms with Crippen molar-refractivity contribution in [3.8, 4) is 0 Å². The van der Waals surface area contributed by atoms with Gasteiger partial charge in [0.25, 0.3) is 11.6 Å². The second-order valence-electron chi connectivity index (χ2n) is 6.04. The molecule has 2 rings (SSSR count). The number of likely N-dealkylation sites (tertiary alicyclic amines) is 1. The molecule has 0 radical (unpaired) electrons. The molecule has 0 aromatic heterocycles. The molecule has 2 atom stereocenters. The topological polar surface area (TPSA) is 119 Å². The maximum absolute atomic E-state index is 12.2. The van der Waals surface area contributed by atoms with Crippen molar-refractivity contribution in [2.75, 3.05) is 19.6 Å². The van der Waals surface area contributed by atoms with E-state index < -0.39 is 4.92 Å². The number of nitro groups is 1. The van der Waals surface area contributed by atoms with Crippen LogP contribution in [0.3, 0.4) is 0 Å². The van der Waals surface area contributed by atoms with Crippen molar-refractivity contribution in [1.29, 1.82) is 0 Å². The smallest absolute Gasteiger partial charge is 0.269 e. The molecule has 3 N–H and O–H groups in total. The zero-order valence-electron chi connectivity index (χ0n) is 14.0. The van der Waals surface area contributed by atoms with Gasteiger partial charge in [-0.3, -0.25) is 19.7 Å². The van der Waals surface area contributed by atoms with Crippen LogP contribution in [-0.2, 0) is 4.79 Å². The molecule has 25 heavy (non-hydrogen) atoms. The van der Waals surface area contributed by atoms with Crippen molar-refractivity contribution < 1.29 is 14.5 Å². The first-order valence-electron chi connectivity index (χ1n) is 7.94. The number of nitrogens with one attached hydrogen (secondary N) is 1. The van der Waals surface area contributed by atoms with E-state index in [1.165, 1.54) is 24.3 Å². The molecule has 2 amide bonds. The third kappa shape index (κ3) is 5.40. The van der Waals surface area contributed by atoms with Gasteiger partial charge in [0, 0.05) is 43.2 Å². The zero-order valence-corrected chi connectivity index (χ0v) is 14.8. The lowest BCUT2D eigenvalue weighted by molar-refractivity contribution is -0.384. The molecule has 9 heteroatoms. The molecule has 0 bridgehead atoms. The van der Waals surface area contributed by atoms with Crippen LogP contribution in [-0.4, -0.2) is 47.3 Å². The van der Waals surface area contributed by atoms with E-state index in [1.807, 2.05) is 11.8 Å². The summed E-state index contributed by atoms with van der Waals surface area (Å²) in [7, 11) is 0. The van der Waals surface area contributed by atoms with E-state index in [0.29, 0.717) is 24.6 Å². The lowest BCUT2D eigenvalue weighted by Gasteiger charge is -2.21. The number of non-ortho nitro benzene ring substituents is 1. The summed E-state index contributed by atoms with van der Waals surface area (Å²) < 4.78 is 0. The fourth-order valence-corrected chi connectivity index (χ4v) is 2.92. The quantitative estimate of drug-likeness (QED) is 0.578. The van der Waals surface area contributed by atoms with Crippen LogP contribution in [0.1, 0.15) is 30.1 Å². The Hall–Kier alpha value is -2.19. The van der Waals surface area contributed by atoms with Crippen LogP contribution < -0.4 is 11.1 Å². The number of carbonyl (C=O) groups excluding carboxylic acids is 2. The summed E-state index contributed by atoms with van der Waals surface area (Å²) in [5, 5.41) is 13.2. The third-order valence-corrected chi connectivity index (χ3v) is 4.28. The second-order valence-corrected chi connectivity index (χ2v) is 6.04. The molecule has 1 aliphatic heterocycles. The van der Waals surface area contributed by atoms with Gasteiger partial charge in [0.1, 0.15) is 0 Å². The second kappa shape index (κ2) is 9.33.